The molecule has 0 saturated heterocycles. The first kappa shape index (κ1) is 20.2. The summed E-state index contributed by atoms with van der Waals surface area (Å²) < 4.78 is 0. The minimum atomic E-state index is 0.683. The van der Waals surface area contributed by atoms with E-state index in [0.29, 0.717) is 11.5 Å². The Morgan fingerprint density at radius 2 is 1.88 bits per heavy atom. The normalized spacial score (nSPS) is 11.4. The van der Waals surface area contributed by atoms with Gasteiger partial charge in [0.2, 0.25) is 0 Å². The van der Waals surface area contributed by atoms with Crippen LogP contribution in [-0.2, 0) is 6.54 Å². The molecule has 3 N–H and O–H groups in total. The summed E-state index contributed by atoms with van der Waals surface area (Å²) in [7, 11) is 0. The molecule has 8 heteroatoms. The van der Waals surface area contributed by atoms with E-state index in [4.69, 9.17) is 4.98 Å². The number of imidazole rings is 1. The Labute approximate surface area is 195 Å². The highest BCUT2D eigenvalue weighted by Crippen LogP contribution is 2.31. The van der Waals surface area contributed by atoms with E-state index in [2.05, 4.69) is 54.5 Å². The van der Waals surface area contributed by atoms with Gasteiger partial charge in [-0.1, -0.05) is 25.1 Å². The minimum Gasteiger partial charge on any atom is -0.337 e. The molecule has 0 amide bonds. The predicted molar refractivity (Wildman–Crippen MR) is 133 cm³/mol. The second-order valence-electron chi connectivity index (χ2n) is 8.06. The number of fused-ring (bicyclic) bond motifs is 2. The molecule has 34 heavy (non-hydrogen) atoms. The van der Waals surface area contributed by atoms with E-state index in [1.54, 1.807) is 6.20 Å². The molecule has 0 unspecified atom stereocenters. The van der Waals surface area contributed by atoms with Gasteiger partial charge in [0, 0.05) is 48.0 Å². The van der Waals surface area contributed by atoms with Gasteiger partial charge in [-0.25, -0.2) is 9.97 Å². The molecule has 0 atom stereocenters. The highest BCUT2D eigenvalue weighted by molar-refractivity contribution is 5.96. The lowest BCUT2D eigenvalue weighted by atomic mass is 10.1. The third-order valence-electron chi connectivity index (χ3n) is 5.80. The van der Waals surface area contributed by atoms with Crippen molar-refractivity contribution >= 4 is 22.1 Å². The summed E-state index contributed by atoms with van der Waals surface area (Å²) in [6.07, 6.45) is 7.38. The summed E-state index contributed by atoms with van der Waals surface area (Å²) >= 11 is 0. The molecular formula is C26H22N8. The smallest absolute Gasteiger partial charge is 0.159 e. The first-order chi connectivity index (χ1) is 16.8. The van der Waals surface area contributed by atoms with Crippen LogP contribution in [0.25, 0.3) is 56.0 Å². The molecule has 0 aliphatic heterocycles. The number of benzene rings is 1. The quantitative estimate of drug-likeness (QED) is 0.341. The zero-order chi connectivity index (χ0) is 22.9. The molecule has 5 heterocycles. The van der Waals surface area contributed by atoms with Crippen molar-refractivity contribution in [2.24, 2.45) is 0 Å². The summed E-state index contributed by atoms with van der Waals surface area (Å²) in [4.78, 5) is 21.8. The van der Waals surface area contributed by atoms with E-state index in [1.807, 2.05) is 55.0 Å². The zero-order valence-electron chi connectivity index (χ0n) is 18.6. The fourth-order valence-electron chi connectivity index (χ4n) is 4.13. The maximum atomic E-state index is 4.91. The first-order valence-electron chi connectivity index (χ1n) is 11.2. The van der Waals surface area contributed by atoms with Gasteiger partial charge in [-0.05, 0) is 42.4 Å². The van der Waals surface area contributed by atoms with E-state index in [0.717, 1.165) is 63.2 Å². The van der Waals surface area contributed by atoms with Crippen LogP contribution in [-0.4, -0.2) is 41.7 Å². The van der Waals surface area contributed by atoms with Gasteiger partial charge in [0.15, 0.2) is 11.5 Å². The Morgan fingerprint density at radius 3 is 2.76 bits per heavy atom. The lowest BCUT2D eigenvalue weighted by Gasteiger charge is -2.05. The molecule has 0 bridgehead atoms. The summed E-state index contributed by atoms with van der Waals surface area (Å²) in [5.41, 5.74) is 8.20. The van der Waals surface area contributed by atoms with Crippen molar-refractivity contribution in [3.63, 3.8) is 0 Å². The molecular weight excluding hydrogens is 424 g/mol. The van der Waals surface area contributed by atoms with E-state index >= 15 is 0 Å². The second kappa shape index (κ2) is 8.49. The van der Waals surface area contributed by atoms with Gasteiger partial charge >= 0.3 is 0 Å². The Bertz CT molecular complexity index is 1600. The van der Waals surface area contributed by atoms with Crippen molar-refractivity contribution in [2.75, 3.05) is 6.54 Å². The second-order valence-corrected chi connectivity index (χ2v) is 8.06. The van der Waals surface area contributed by atoms with Gasteiger partial charge in [-0.3, -0.25) is 15.1 Å². The van der Waals surface area contributed by atoms with E-state index in [-0.39, 0.29) is 0 Å². The monoisotopic (exact) mass is 446 g/mol. The summed E-state index contributed by atoms with van der Waals surface area (Å²) in [6.45, 7) is 3.78. The van der Waals surface area contributed by atoms with Crippen LogP contribution in [0.3, 0.4) is 0 Å². The van der Waals surface area contributed by atoms with Crippen molar-refractivity contribution in [3.05, 3.63) is 78.9 Å². The minimum absolute atomic E-state index is 0.683. The predicted octanol–water partition coefficient (Wildman–Crippen LogP) is 4.73. The van der Waals surface area contributed by atoms with Crippen molar-refractivity contribution < 1.29 is 0 Å². The molecule has 6 rings (SSSR count). The highest BCUT2D eigenvalue weighted by Gasteiger charge is 2.16. The standard InChI is InChI=1S/C26H22N8/c1-2-27-12-16-10-17(14-28-13-16)18-11-20-24(33-34-25(20)30-15-18)26-31-22-8-5-6-19(23(22)32-26)21-7-3-4-9-29-21/h3-11,13-15,27H,2,12H2,1H3,(H,31,32)(H,30,33,34). The SMILES string of the molecule is CCNCc1cncc(-c2cnc3[nH]nc(-c4nc5c(-c6ccccn6)cccc5[nH]4)c3c2)c1. The number of pyridine rings is 3. The van der Waals surface area contributed by atoms with Crippen molar-refractivity contribution in [1.29, 1.82) is 0 Å². The van der Waals surface area contributed by atoms with Crippen LogP contribution in [0.4, 0.5) is 0 Å². The fourth-order valence-corrected chi connectivity index (χ4v) is 4.13. The number of nitrogens with one attached hydrogen (secondary N) is 3. The average molecular weight is 447 g/mol. The molecule has 8 nitrogen and oxygen atoms in total. The average Bonchev–Trinajstić information content (AvgIpc) is 3.51. The molecule has 166 valence electrons. The van der Waals surface area contributed by atoms with E-state index in [1.165, 1.54) is 0 Å². The summed E-state index contributed by atoms with van der Waals surface area (Å²) in [5.74, 6) is 0.683. The van der Waals surface area contributed by atoms with Gasteiger partial charge in [-0.15, -0.1) is 0 Å². The van der Waals surface area contributed by atoms with E-state index in [9.17, 15) is 0 Å². The Hall–Kier alpha value is -4.43. The lowest BCUT2D eigenvalue weighted by Crippen LogP contribution is -2.11. The Kier molecular flexibility index (Phi) is 5.04. The molecule has 0 radical (unpaired) electrons. The molecule has 0 spiro atoms. The number of para-hydroxylation sites is 1. The molecule has 0 aliphatic rings. The maximum Gasteiger partial charge on any atom is 0.159 e. The van der Waals surface area contributed by atoms with Crippen molar-refractivity contribution in [1.82, 2.24) is 40.4 Å². The topological polar surface area (TPSA) is 108 Å². The highest BCUT2D eigenvalue weighted by atomic mass is 15.2. The van der Waals surface area contributed by atoms with Gasteiger partial charge in [0.1, 0.15) is 5.69 Å². The third-order valence-corrected chi connectivity index (χ3v) is 5.80. The van der Waals surface area contributed by atoms with E-state index < -0.39 is 0 Å². The molecule has 0 fully saturated rings. The Morgan fingerprint density at radius 1 is 0.941 bits per heavy atom. The van der Waals surface area contributed by atoms with Crippen LogP contribution >= 0.6 is 0 Å². The summed E-state index contributed by atoms with van der Waals surface area (Å²) in [6, 6.07) is 16.1. The first-order valence-corrected chi connectivity index (χ1v) is 11.2. The fraction of sp³-hybridized carbons (Fsp3) is 0.115. The number of aromatic amines is 2. The number of hydrogen-bond donors (Lipinski definition) is 3. The van der Waals surface area contributed by atoms with Gasteiger partial charge in [-0.2, -0.15) is 5.10 Å². The molecule has 0 aliphatic carbocycles. The number of rotatable bonds is 6. The van der Waals surface area contributed by atoms with Crippen LogP contribution in [0.2, 0.25) is 0 Å². The van der Waals surface area contributed by atoms with Crippen LogP contribution in [0, 0.1) is 0 Å². The lowest BCUT2D eigenvalue weighted by molar-refractivity contribution is 0.724. The van der Waals surface area contributed by atoms with Crippen molar-refractivity contribution in [2.45, 2.75) is 13.5 Å². The number of hydrogen-bond acceptors (Lipinski definition) is 6. The number of aromatic nitrogens is 7. The molecule has 5 aromatic heterocycles. The van der Waals surface area contributed by atoms with Crippen LogP contribution in [0.5, 0.6) is 0 Å². The molecule has 0 saturated carbocycles. The largest absolute Gasteiger partial charge is 0.337 e. The third kappa shape index (κ3) is 3.60. The van der Waals surface area contributed by atoms with Crippen molar-refractivity contribution in [3.8, 4) is 33.9 Å². The maximum absolute atomic E-state index is 4.91. The van der Waals surface area contributed by atoms with Gasteiger partial charge in [0.05, 0.1) is 22.1 Å². The van der Waals surface area contributed by atoms with Gasteiger partial charge in [0.25, 0.3) is 0 Å². The van der Waals surface area contributed by atoms with Gasteiger partial charge < -0.3 is 10.3 Å². The van der Waals surface area contributed by atoms with Crippen LogP contribution in [0.1, 0.15) is 12.5 Å². The molecule has 1 aromatic carbocycles. The Balaban J connectivity index is 1.44. The zero-order valence-corrected chi connectivity index (χ0v) is 18.6. The summed E-state index contributed by atoms with van der Waals surface area (Å²) in [5, 5.41) is 11.8. The van der Waals surface area contributed by atoms with Crippen LogP contribution in [0.15, 0.2) is 73.3 Å². The van der Waals surface area contributed by atoms with Crippen LogP contribution < -0.4 is 5.32 Å². The number of H-pyrrole nitrogens is 2. The number of nitrogens with zero attached hydrogens (tertiary/aromatic N) is 5. The molecule has 6 aromatic rings.